The zero-order chi connectivity index (χ0) is 15.3. The van der Waals surface area contributed by atoms with Gasteiger partial charge in [-0.05, 0) is 13.3 Å². The quantitative estimate of drug-likeness (QED) is 0.248. The standard InChI is InChI=1S/C10H15F3O5S/c1-4-5-6-8(7(2)9(14)17-3)18-19(15,16)10(11,12)13/h4-6H2,1-3H3/b8-7-. The van der Waals surface area contributed by atoms with Crippen molar-refractivity contribution in [2.24, 2.45) is 0 Å². The van der Waals surface area contributed by atoms with Crippen LogP contribution >= 0.6 is 0 Å². The van der Waals surface area contributed by atoms with Gasteiger partial charge in [-0.25, -0.2) is 4.79 Å². The molecule has 0 aromatic carbocycles. The first-order valence-corrected chi connectivity index (χ1v) is 6.76. The number of carbonyl (C=O) groups excluding carboxylic acids is 1. The van der Waals surface area contributed by atoms with Crippen LogP contribution in [0.4, 0.5) is 13.2 Å². The van der Waals surface area contributed by atoms with Crippen LogP contribution in [0.3, 0.4) is 0 Å². The summed E-state index contributed by atoms with van der Waals surface area (Å²) >= 11 is 0. The zero-order valence-electron chi connectivity index (χ0n) is 10.7. The molecule has 0 unspecified atom stereocenters. The Labute approximate surface area is 109 Å². The summed E-state index contributed by atoms with van der Waals surface area (Å²) in [7, 11) is -4.75. The summed E-state index contributed by atoms with van der Waals surface area (Å²) in [5.41, 5.74) is -5.84. The minimum absolute atomic E-state index is 0.104. The van der Waals surface area contributed by atoms with Crippen LogP contribution in [0.5, 0.6) is 0 Å². The van der Waals surface area contributed by atoms with Gasteiger partial charge in [0.1, 0.15) is 5.76 Å². The van der Waals surface area contributed by atoms with E-state index in [2.05, 4.69) is 8.92 Å². The van der Waals surface area contributed by atoms with Crippen molar-refractivity contribution in [2.75, 3.05) is 7.11 Å². The van der Waals surface area contributed by atoms with E-state index in [9.17, 15) is 26.4 Å². The molecule has 5 nitrogen and oxygen atoms in total. The number of halogens is 3. The van der Waals surface area contributed by atoms with Gasteiger partial charge >= 0.3 is 21.6 Å². The number of unbranched alkanes of at least 4 members (excludes halogenated alkanes) is 1. The molecule has 9 heteroatoms. The fourth-order valence-electron chi connectivity index (χ4n) is 1.08. The van der Waals surface area contributed by atoms with E-state index in [1.807, 2.05) is 0 Å². The molecule has 0 aliphatic rings. The number of carbonyl (C=O) groups is 1. The first-order chi connectivity index (χ1) is 8.56. The van der Waals surface area contributed by atoms with E-state index in [0.717, 1.165) is 14.0 Å². The van der Waals surface area contributed by atoms with Crippen LogP contribution in [-0.4, -0.2) is 27.0 Å². The lowest BCUT2D eigenvalue weighted by molar-refractivity contribution is -0.136. The summed E-state index contributed by atoms with van der Waals surface area (Å²) < 4.78 is 66.8. The summed E-state index contributed by atoms with van der Waals surface area (Å²) in [5.74, 6) is -1.49. The fourth-order valence-corrected chi connectivity index (χ4v) is 1.64. The van der Waals surface area contributed by atoms with E-state index in [1.165, 1.54) is 0 Å². The summed E-state index contributed by atoms with van der Waals surface area (Å²) in [5, 5.41) is 0. The van der Waals surface area contributed by atoms with Crippen LogP contribution in [0.25, 0.3) is 0 Å². The lowest BCUT2D eigenvalue weighted by atomic mass is 10.1. The molecule has 0 aliphatic heterocycles. The highest BCUT2D eigenvalue weighted by Gasteiger charge is 2.49. The third kappa shape index (κ3) is 5.09. The number of esters is 1. The second-order valence-corrected chi connectivity index (χ2v) is 5.16. The summed E-state index contributed by atoms with van der Waals surface area (Å²) in [6.45, 7) is 2.89. The highest BCUT2D eigenvalue weighted by Crippen LogP contribution is 2.29. The number of alkyl halides is 3. The van der Waals surface area contributed by atoms with E-state index < -0.39 is 27.4 Å². The third-order valence-electron chi connectivity index (χ3n) is 2.16. The van der Waals surface area contributed by atoms with E-state index >= 15 is 0 Å². The Balaban J connectivity index is 5.37. The smallest absolute Gasteiger partial charge is 0.466 e. The maximum absolute atomic E-state index is 12.2. The Kier molecular flexibility index (Phi) is 6.34. The number of ether oxygens (including phenoxy) is 1. The van der Waals surface area contributed by atoms with Crippen LogP contribution in [0.2, 0.25) is 0 Å². The second kappa shape index (κ2) is 6.78. The molecule has 0 rings (SSSR count). The SMILES string of the molecule is CCCC/C(OS(=O)(=O)C(F)(F)F)=C(\C)C(=O)OC. The molecule has 0 aromatic heterocycles. The highest BCUT2D eigenvalue weighted by molar-refractivity contribution is 7.87. The topological polar surface area (TPSA) is 69.7 Å². The predicted molar refractivity (Wildman–Crippen MR) is 60.3 cm³/mol. The largest absolute Gasteiger partial charge is 0.534 e. The Morgan fingerprint density at radius 1 is 1.26 bits per heavy atom. The molecule has 0 saturated carbocycles. The maximum atomic E-state index is 12.2. The van der Waals surface area contributed by atoms with Gasteiger partial charge in [0.05, 0.1) is 12.7 Å². The minimum Gasteiger partial charge on any atom is -0.466 e. The van der Waals surface area contributed by atoms with Crippen molar-refractivity contribution in [3.63, 3.8) is 0 Å². The monoisotopic (exact) mass is 304 g/mol. The lowest BCUT2D eigenvalue weighted by Gasteiger charge is -2.14. The molecule has 0 fully saturated rings. The molecule has 0 amide bonds. The second-order valence-electron chi connectivity index (χ2n) is 3.63. The molecule has 0 radical (unpaired) electrons. The van der Waals surface area contributed by atoms with Gasteiger partial charge in [-0.1, -0.05) is 13.3 Å². The van der Waals surface area contributed by atoms with Gasteiger partial charge in [-0.15, -0.1) is 0 Å². The van der Waals surface area contributed by atoms with E-state index in [0.29, 0.717) is 12.8 Å². The number of hydrogen-bond acceptors (Lipinski definition) is 5. The molecule has 0 heterocycles. The number of rotatable bonds is 6. The average molecular weight is 304 g/mol. The van der Waals surface area contributed by atoms with Gasteiger partial charge in [0, 0.05) is 6.42 Å². The maximum Gasteiger partial charge on any atom is 0.534 e. The molecule has 0 aromatic rings. The van der Waals surface area contributed by atoms with Crippen molar-refractivity contribution in [3.8, 4) is 0 Å². The van der Waals surface area contributed by atoms with Crippen LogP contribution in [0, 0.1) is 0 Å². The molecular formula is C10H15F3O5S. The van der Waals surface area contributed by atoms with Crippen molar-refractivity contribution in [2.45, 2.75) is 38.6 Å². The van der Waals surface area contributed by atoms with Gasteiger partial charge in [-0.3, -0.25) is 0 Å². The van der Waals surface area contributed by atoms with Crippen molar-refractivity contribution in [1.82, 2.24) is 0 Å². The Morgan fingerprint density at radius 3 is 2.16 bits per heavy atom. The molecule has 0 atom stereocenters. The molecule has 112 valence electrons. The highest BCUT2D eigenvalue weighted by atomic mass is 32.2. The molecule has 0 spiro atoms. The summed E-state index contributed by atoms with van der Waals surface area (Å²) in [6, 6.07) is 0. The number of hydrogen-bond donors (Lipinski definition) is 0. The predicted octanol–water partition coefficient (Wildman–Crippen LogP) is 2.49. The molecule has 0 aliphatic carbocycles. The molecule has 0 bridgehead atoms. The van der Waals surface area contributed by atoms with Gasteiger partial charge < -0.3 is 8.92 Å². The Hall–Kier alpha value is -1.25. The summed E-state index contributed by atoms with van der Waals surface area (Å²) in [4.78, 5) is 11.2. The number of allylic oxidation sites excluding steroid dienone is 1. The zero-order valence-corrected chi connectivity index (χ0v) is 11.5. The van der Waals surface area contributed by atoms with Crippen molar-refractivity contribution < 1.29 is 35.3 Å². The van der Waals surface area contributed by atoms with Gasteiger partial charge in [-0.2, -0.15) is 21.6 Å². The van der Waals surface area contributed by atoms with E-state index in [1.54, 1.807) is 6.92 Å². The van der Waals surface area contributed by atoms with Gasteiger partial charge in [0.2, 0.25) is 0 Å². The van der Waals surface area contributed by atoms with Crippen molar-refractivity contribution in [1.29, 1.82) is 0 Å². The fraction of sp³-hybridized carbons (Fsp3) is 0.700. The molecule has 19 heavy (non-hydrogen) atoms. The third-order valence-corrected chi connectivity index (χ3v) is 3.15. The first-order valence-electron chi connectivity index (χ1n) is 5.35. The first kappa shape index (κ1) is 17.8. The van der Waals surface area contributed by atoms with E-state index in [-0.39, 0.29) is 12.0 Å². The van der Waals surface area contributed by atoms with Crippen LogP contribution in [-0.2, 0) is 23.8 Å². The normalized spacial score (nSPS) is 13.8. The lowest BCUT2D eigenvalue weighted by Crippen LogP contribution is -2.26. The van der Waals surface area contributed by atoms with Crippen molar-refractivity contribution >= 4 is 16.1 Å². The van der Waals surface area contributed by atoms with Gasteiger partial charge in [0.15, 0.2) is 0 Å². The Bertz CT molecular complexity index is 450. The van der Waals surface area contributed by atoms with Crippen LogP contribution in [0.15, 0.2) is 11.3 Å². The molecule has 0 N–H and O–H groups in total. The van der Waals surface area contributed by atoms with Crippen LogP contribution in [0.1, 0.15) is 33.1 Å². The van der Waals surface area contributed by atoms with Crippen LogP contribution < -0.4 is 0 Å². The van der Waals surface area contributed by atoms with Gasteiger partial charge in [0.25, 0.3) is 0 Å². The average Bonchev–Trinajstić information content (AvgIpc) is 2.30. The minimum atomic E-state index is -5.78. The van der Waals surface area contributed by atoms with Crippen molar-refractivity contribution in [3.05, 3.63) is 11.3 Å². The number of methoxy groups -OCH3 is 1. The Morgan fingerprint density at radius 2 is 1.79 bits per heavy atom. The summed E-state index contributed by atoms with van der Waals surface area (Å²) in [6.07, 6.45) is 0.858. The van der Waals surface area contributed by atoms with E-state index in [4.69, 9.17) is 0 Å². The molecule has 0 saturated heterocycles. The molecular weight excluding hydrogens is 289 g/mol.